The van der Waals surface area contributed by atoms with E-state index >= 15 is 0 Å². The van der Waals surface area contributed by atoms with Gasteiger partial charge < -0.3 is 4.74 Å². The number of hydrogen-bond acceptors (Lipinski definition) is 3. The van der Waals surface area contributed by atoms with E-state index in [4.69, 9.17) is 10.1 Å². The van der Waals surface area contributed by atoms with Gasteiger partial charge in [-0.05, 0) is 29.3 Å². The van der Waals surface area contributed by atoms with Gasteiger partial charge in [-0.3, -0.25) is 5.41 Å². The predicted molar refractivity (Wildman–Crippen MR) is 60.9 cm³/mol. The van der Waals surface area contributed by atoms with Crippen LogP contribution < -0.4 is 0 Å². The van der Waals surface area contributed by atoms with Gasteiger partial charge >= 0.3 is 5.97 Å². The lowest BCUT2D eigenvalue weighted by atomic mass is 10.2. The molecule has 14 heavy (non-hydrogen) atoms. The highest BCUT2D eigenvalue weighted by Crippen LogP contribution is 2.09. The molecule has 0 aromatic carbocycles. The first kappa shape index (κ1) is 13.4. The van der Waals surface area contributed by atoms with Crippen LogP contribution in [0.15, 0.2) is 11.6 Å². The van der Waals surface area contributed by atoms with Crippen molar-refractivity contribution in [3.05, 3.63) is 11.6 Å². The summed E-state index contributed by atoms with van der Waals surface area (Å²) in [5.74, 6) is -0.425. The maximum absolute atomic E-state index is 11.3. The minimum Gasteiger partial charge on any atom is -0.462 e. The van der Waals surface area contributed by atoms with Crippen molar-refractivity contribution in [3.63, 3.8) is 0 Å². The highest BCUT2D eigenvalue weighted by molar-refractivity contribution is 9.18. The Bertz CT molecular complexity index is 236. The summed E-state index contributed by atoms with van der Waals surface area (Å²) < 4.78 is 4.91. The number of nitrogens with one attached hydrogen (secondary N) is 1. The second kappa shape index (κ2) is 7.74. The smallest absolute Gasteiger partial charge is 0.340 e. The molecule has 0 aliphatic carbocycles. The molecule has 0 atom stereocenters. The largest absolute Gasteiger partial charge is 0.462 e. The van der Waals surface area contributed by atoms with Crippen molar-refractivity contribution >= 4 is 26.5 Å². The molecule has 0 fully saturated rings. The predicted octanol–water partition coefficient (Wildman–Crippen LogP) is 3.04. The van der Waals surface area contributed by atoms with Gasteiger partial charge in [-0.2, -0.15) is 0 Å². The number of rotatable bonds is 6. The summed E-state index contributed by atoms with van der Waals surface area (Å²) in [5, 5.41) is 7.34. The molecular formula is C10H16BrNO2. The van der Waals surface area contributed by atoms with Crippen LogP contribution in [0.3, 0.4) is 0 Å². The van der Waals surface area contributed by atoms with Gasteiger partial charge in [0.05, 0.1) is 12.2 Å². The van der Waals surface area contributed by atoms with Gasteiger partial charge in [0.2, 0.25) is 0 Å². The van der Waals surface area contributed by atoms with Gasteiger partial charge in [-0.1, -0.05) is 25.8 Å². The number of ether oxygens (including phenoxy) is 1. The van der Waals surface area contributed by atoms with Crippen LogP contribution in [0.25, 0.3) is 0 Å². The van der Waals surface area contributed by atoms with Crippen LogP contribution in [0.5, 0.6) is 0 Å². The van der Waals surface area contributed by atoms with Gasteiger partial charge in [-0.15, -0.1) is 0 Å². The third-order valence-electron chi connectivity index (χ3n) is 1.64. The first-order chi connectivity index (χ1) is 6.63. The van der Waals surface area contributed by atoms with Crippen molar-refractivity contribution in [1.82, 2.24) is 0 Å². The maximum Gasteiger partial charge on any atom is 0.340 e. The number of halogens is 1. The molecule has 80 valence electrons. The molecule has 0 unspecified atom stereocenters. The molecule has 0 heterocycles. The monoisotopic (exact) mass is 261 g/mol. The quantitative estimate of drug-likeness (QED) is 0.346. The van der Waals surface area contributed by atoms with E-state index in [9.17, 15) is 4.79 Å². The molecular weight excluding hydrogens is 246 g/mol. The molecule has 4 heteroatoms. The van der Waals surface area contributed by atoms with Crippen molar-refractivity contribution in [2.45, 2.75) is 33.1 Å². The fourth-order valence-corrected chi connectivity index (χ4v) is 1.25. The van der Waals surface area contributed by atoms with Crippen molar-refractivity contribution in [2.75, 3.05) is 6.61 Å². The van der Waals surface area contributed by atoms with Crippen LogP contribution >= 0.6 is 15.9 Å². The van der Waals surface area contributed by atoms with E-state index < -0.39 is 5.97 Å². The van der Waals surface area contributed by atoms with E-state index in [1.807, 2.05) is 0 Å². The molecule has 1 N–H and O–H groups in total. The minimum atomic E-state index is -0.425. The third kappa shape index (κ3) is 5.17. The molecule has 0 amide bonds. The zero-order valence-electron chi connectivity index (χ0n) is 8.60. The van der Waals surface area contributed by atoms with Crippen molar-refractivity contribution in [1.29, 1.82) is 5.41 Å². The summed E-state index contributed by atoms with van der Waals surface area (Å²) in [6.07, 6.45) is 4.64. The van der Waals surface area contributed by atoms with E-state index in [0.717, 1.165) is 19.3 Å². The summed E-state index contributed by atoms with van der Waals surface area (Å²) in [7, 11) is 0. The zero-order chi connectivity index (χ0) is 11.0. The van der Waals surface area contributed by atoms with Crippen LogP contribution in [0.4, 0.5) is 0 Å². The van der Waals surface area contributed by atoms with E-state index in [-0.39, 0.29) is 4.62 Å². The van der Waals surface area contributed by atoms with Gasteiger partial charge in [0, 0.05) is 0 Å². The summed E-state index contributed by atoms with van der Waals surface area (Å²) in [4.78, 5) is 11.3. The van der Waals surface area contributed by atoms with Crippen molar-refractivity contribution in [3.8, 4) is 0 Å². The number of unbranched alkanes of at least 4 members (excludes halogenated alkanes) is 2. The minimum absolute atomic E-state index is 0.0899. The molecule has 0 aliphatic rings. The van der Waals surface area contributed by atoms with Crippen molar-refractivity contribution in [2.24, 2.45) is 0 Å². The first-order valence-electron chi connectivity index (χ1n) is 4.75. The summed E-state index contributed by atoms with van der Waals surface area (Å²) in [5.41, 5.74) is 0.320. The average molecular weight is 262 g/mol. The first-order valence-corrected chi connectivity index (χ1v) is 5.54. The standard InChI is InChI=1S/C10H16BrNO2/c1-3-5-6-7-8(9(11)12)10(13)14-4-2/h7,12H,3-6H2,1-2H3/b8-7+,12-9?. The van der Waals surface area contributed by atoms with Gasteiger partial charge in [0.1, 0.15) is 4.62 Å². The Hall–Kier alpha value is -0.640. The lowest BCUT2D eigenvalue weighted by Crippen LogP contribution is -2.11. The number of hydrogen-bond donors (Lipinski definition) is 1. The van der Waals surface area contributed by atoms with Crippen molar-refractivity contribution < 1.29 is 9.53 Å². The van der Waals surface area contributed by atoms with Crippen LogP contribution in [0.2, 0.25) is 0 Å². The van der Waals surface area contributed by atoms with E-state index in [1.54, 1.807) is 13.0 Å². The number of esters is 1. The summed E-state index contributed by atoms with van der Waals surface area (Å²) in [6, 6.07) is 0. The third-order valence-corrected chi connectivity index (χ3v) is 2.07. The Morgan fingerprint density at radius 1 is 1.50 bits per heavy atom. The Labute approximate surface area is 93.2 Å². The Morgan fingerprint density at radius 3 is 2.57 bits per heavy atom. The van der Waals surface area contributed by atoms with E-state index in [0.29, 0.717) is 12.2 Å². The molecule has 0 saturated heterocycles. The molecule has 0 aliphatic heterocycles. The second-order valence-electron chi connectivity index (χ2n) is 2.79. The van der Waals surface area contributed by atoms with E-state index in [1.165, 1.54) is 0 Å². The molecule has 0 bridgehead atoms. The lowest BCUT2D eigenvalue weighted by molar-refractivity contribution is -0.137. The fraction of sp³-hybridized carbons (Fsp3) is 0.600. The zero-order valence-corrected chi connectivity index (χ0v) is 10.2. The fourth-order valence-electron chi connectivity index (χ4n) is 0.922. The molecule has 0 spiro atoms. The van der Waals surface area contributed by atoms with Crippen LogP contribution in [-0.4, -0.2) is 17.2 Å². The number of carbonyl (C=O) groups is 1. The Kier molecular flexibility index (Phi) is 7.38. The normalized spacial score (nSPS) is 11.2. The molecule has 0 rings (SSSR count). The van der Waals surface area contributed by atoms with Crippen LogP contribution in [0, 0.1) is 5.41 Å². The Balaban J connectivity index is 4.35. The molecule has 0 aromatic heterocycles. The van der Waals surface area contributed by atoms with E-state index in [2.05, 4.69) is 22.9 Å². The lowest BCUT2D eigenvalue weighted by Gasteiger charge is -2.03. The van der Waals surface area contributed by atoms with Crippen LogP contribution in [-0.2, 0) is 9.53 Å². The molecule has 3 nitrogen and oxygen atoms in total. The molecule has 0 saturated carbocycles. The summed E-state index contributed by atoms with van der Waals surface area (Å²) >= 11 is 2.98. The summed E-state index contributed by atoms with van der Waals surface area (Å²) in [6.45, 7) is 4.17. The number of carbonyl (C=O) groups excluding carboxylic acids is 1. The molecule has 0 aromatic rings. The van der Waals surface area contributed by atoms with Gasteiger partial charge in [0.15, 0.2) is 0 Å². The highest BCUT2D eigenvalue weighted by atomic mass is 79.9. The van der Waals surface area contributed by atoms with Gasteiger partial charge in [-0.25, -0.2) is 4.79 Å². The molecule has 0 radical (unpaired) electrons. The second-order valence-corrected chi connectivity index (χ2v) is 3.59. The SMILES string of the molecule is CCCC/C=C(\C(=N)Br)C(=O)OCC. The Morgan fingerprint density at radius 2 is 2.14 bits per heavy atom. The number of allylic oxidation sites excluding steroid dienone is 1. The average Bonchev–Trinajstić information content (AvgIpc) is 2.12. The topological polar surface area (TPSA) is 50.2 Å². The highest BCUT2D eigenvalue weighted by Gasteiger charge is 2.12. The maximum atomic E-state index is 11.3. The van der Waals surface area contributed by atoms with Crippen LogP contribution in [0.1, 0.15) is 33.1 Å². The van der Waals surface area contributed by atoms with Gasteiger partial charge in [0.25, 0.3) is 0 Å².